The summed E-state index contributed by atoms with van der Waals surface area (Å²) in [5, 5.41) is 7.60. The van der Waals surface area contributed by atoms with Crippen molar-refractivity contribution in [1.29, 1.82) is 0 Å². The predicted molar refractivity (Wildman–Crippen MR) is 163 cm³/mol. The third-order valence-corrected chi connectivity index (χ3v) is 7.27. The molecule has 4 aromatic heterocycles. The van der Waals surface area contributed by atoms with Gasteiger partial charge in [0, 0.05) is 18.6 Å². The van der Waals surface area contributed by atoms with Crippen LogP contribution in [0, 0.1) is 0 Å². The number of aryl methyl sites for hydroxylation is 1. The van der Waals surface area contributed by atoms with E-state index in [0.717, 1.165) is 11.1 Å². The minimum atomic E-state index is -2.88. The Morgan fingerprint density at radius 2 is 1.63 bits per heavy atom. The van der Waals surface area contributed by atoms with Gasteiger partial charge >= 0.3 is 24.2 Å². The first-order valence-electron chi connectivity index (χ1n) is 14.1. The van der Waals surface area contributed by atoms with Crippen LogP contribution in [-0.4, -0.2) is 53.7 Å². The van der Waals surface area contributed by atoms with E-state index in [1.165, 1.54) is 22.4 Å². The molecule has 4 heterocycles. The molecule has 0 atom stereocenters. The number of imidazole rings is 1. The number of hydrogen-bond donors (Lipinski definition) is 0. The number of alkyl halides is 2. The van der Waals surface area contributed by atoms with Crippen molar-refractivity contribution in [1.82, 2.24) is 28.9 Å². The van der Waals surface area contributed by atoms with E-state index >= 15 is 0 Å². The van der Waals surface area contributed by atoms with Gasteiger partial charge in [-0.3, -0.25) is 14.1 Å². The van der Waals surface area contributed by atoms with Crippen LogP contribution in [0.3, 0.4) is 0 Å². The van der Waals surface area contributed by atoms with Crippen LogP contribution in [0.5, 0.6) is 0 Å². The maximum absolute atomic E-state index is 13.3. The number of aromatic nitrogens is 6. The number of benzene rings is 2. The van der Waals surface area contributed by atoms with Crippen LogP contribution in [-0.2, 0) is 23.1 Å². The molecule has 0 radical (unpaired) electrons. The molecule has 0 saturated heterocycles. The van der Waals surface area contributed by atoms with Gasteiger partial charge in [0.25, 0.3) is 5.89 Å². The van der Waals surface area contributed by atoms with Gasteiger partial charge < -0.3 is 13.9 Å². The Morgan fingerprint density at radius 1 is 0.935 bits per heavy atom. The van der Waals surface area contributed by atoms with Crippen LogP contribution in [0.25, 0.3) is 44.5 Å². The van der Waals surface area contributed by atoms with Crippen LogP contribution < -0.4 is 5.69 Å². The van der Waals surface area contributed by atoms with Crippen LogP contribution in [0.1, 0.15) is 49.3 Å². The van der Waals surface area contributed by atoms with E-state index in [9.17, 15) is 23.2 Å². The van der Waals surface area contributed by atoms with Gasteiger partial charge in [-0.2, -0.15) is 8.78 Å². The zero-order valence-electron chi connectivity index (χ0n) is 25.4. The SMILES string of the molecule is COC(=O)c1cc2ccc(-c3ccc4c(c3)n(C)c(=O)n4Cc3ccc(-c4nnc(C(F)F)o4)cn3)cc2n1C(=O)OC(C)(C)C. The summed E-state index contributed by atoms with van der Waals surface area (Å²) in [4.78, 5) is 43.4. The summed E-state index contributed by atoms with van der Waals surface area (Å²) in [5.41, 5.74) is 3.16. The zero-order valence-corrected chi connectivity index (χ0v) is 25.4. The molecule has 0 unspecified atom stereocenters. The van der Waals surface area contributed by atoms with Crippen molar-refractivity contribution in [2.24, 2.45) is 7.05 Å². The van der Waals surface area contributed by atoms with Crippen LogP contribution in [0.4, 0.5) is 13.6 Å². The highest BCUT2D eigenvalue weighted by molar-refractivity contribution is 6.02. The smallest absolute Gasteiger partial charge is 0.419 e. The Bertz CT molecular complexity index is 2190. The maximum atomic E-state index is 13.3. The molecule has 12 nitrogen and oxygen atoms in total. The molecule has 0 saturated carbocycles. The largest absolute Gasteiger partial charge is 0.464 e. The molecule has 236 valence electrons. The van der Waals surface area contributed by atoms with Crippen LogP contribution >= 0.6 is 0 Å². The number of halogens is 2. The number of nitrogens with zero attached hydrogens (tertiary/aromatic N) is 6. The normalized spacial score (nSPS) is 11.9. The quantitative estimate of drug-likeness (QED) is 0.204. The highest BCUT2D eigenvalue weighted by atomic mass is 19.3. The average molecular weight is 631 g/mol. The van der Waals surface area contributed by atoms with Crippen molar-refractivity contribution in [2.75, 3.05) is 7.11 Å². The first-order chi connectivity index (χ1) is 21.8. The van der Waals surface area contributed by atoms with E-state index in [1.54, 1.807) is 62.7 Å². The summed E-state index contributed by atoms with van der Waals surface area (Å²) in [6.45, 7) is 5.35. The first kappa shape index (κ1) is 30.4. The maximum Gasteiger partial charge on any atom is 0.419 e. The van der Waals surface area contributed by atoms with Crippen LogP contribution in [0.2, 0.25) is 0 Å². The lowest BCUT2D eigenvalue weighted by Gasteiger charge is -2.20. The lowest BCUT2D eigenvalue weighted by Crippen LogP contribution is -2.29. The standard InChI is InChI=1S/C32H28F2N6O6/c1-32(2,3)46-31(43)40-23-12-17(6-7-19(23)14-25(40)29(41)44-5)18-9-11-22-24(13-18)38(4)30(42)39(22)16-21-10-8-20(15-35-21)27-36-37-28(45-27)26(33)34/h6-15,26H,16H2,1-5H3. The predicted octanol–water partition coefficient (Wildman–Crippen LogP) is 5.96. The van der Waals surface area contributed by atoms with Crippen LogP contribution in [0.15, 0.2) is 70.0 Å². The van der Waals surface area contributed by atoms with E-state index in [1.807, 2.05) is 24.3 Å². The Labute approximate surface area is 259 Å². The van der Waals surface area contributed by atoms with Crippen molar-refractivity contribution < 1.29 is 32.3 Å². The van der Waals surface area contributed by atoms with E-state index in [2.05, 4.69) is 15.2 Å². The number of ether oxygens (including phenoxy) is 2. The average Bonchev–Trinajstić information content (AvgIpc) is 3.72. The fourth-order valence-electron chi connectivity index (χ4n) is 5.13. The minimum Gasteiger partial charge on any atom is -0.464 e. The molecule has 0 bridgehead atoms. The van der Waals surface area contributed by atoms with Crippen molar-refractivity contribution in [3.05, 3.63) is 88.6 Å². The number of fused-ring (bicyclic) bond motifs is 2. The van der Waals surface area contributed by atoms with E-state index < -0.39 is 30.0 Å². The number of carbonyl (C=O) groups excluding carboxylic acids is 2. The summed E-state index contributed by atoms with van der Waals surface area (Å²) in [6, 6.07) is 15.8. The van der Waals surface area contributed by atoms with Gasteiger partial charge in [-0.25, -0.2) is 19.0 Å². The molecule has 0 spiro atoms. The lowest BCUT2D eigenvalue weighted by atomic mass is 10.0. The third-order valence-electron chi connectivity index (χ3n) is 7.27. The zero-order chi connectivity index (χ0) is 32.9. The Kier molecular flexibility index (Phi) is 7.50. The molecule has 0 amide bonds. The number of hydrogen-bond acceptors (Lipinski definition) is 9. The van der Waals surface area contributed by atoms with Gasteiger partial charge in [0.2, 0.25) is 5.89 Å². The van der Waals surface area contributed by atoms with Gasteiger partial charge in [-0.15, -0.1) is 10.2 Å². The molecule has 0 fully saturated rings. The van der Waals surface area contributed by atoms with Crippen molar-refractivity contribution in [2.45, 2.75) is 39.3 Å². The number of carbonyl (C=O) groups is 2. The first-order valence-corrected chi connectivity index (χ1v) is 14.1. The summed E-state index contributed by atoms with van der Waals surface area (Å²) in [5.74, 6) is -1.54. The van der Waals surface area contributed by atoms with E-state index in [0.29, 0.717) is 33.2 Å². The fourth-order valence-corrected chi connectivity index (χ4v) is 5.13. The Balaban J connectivity index is 1.34. The number of pyridine rings is 1. The Hall–Kier alpha value is -5.66. The number of esters is 1. The molecule has 6 aromatic rings. The molecular weight excluding hydrogens is 602 g/mol. The summed E-state index contributed by atoms with van der Waals surface area (Å²) >= 11 is 0. The summed E-state index contributed by atoms with van der Waals surface area (Å²) < 4.78 is 45.4. The number of rotatable bonds is 6. The molecule has 0 aliphatic carbocycles. The minimum absolute atomic E-state index is 0.0375. The van der Waals surface area contributed by atoms with Gasteiger partial charge in [-0.05, 0) is 68.3 Å². The fraction of sp³-hybridized carbons (Fsp3) is 0.250. The van der Waals surface area contributed by atoms with Gasteiger partial charge in [0.15, 0.2) is 0 Å². The lowest BCUT2D eigenvalue weighted by molar-refractivity contribution is 0.0490. The highest BCUT2D eigenvalue weighted by Gasteiger charge is 2.26. The van der Waals surface area contributed by atoms with Gasteiger partial charge in [-0.1, -0.05) is 18.2 Å². The van der Waals surface area contributed by atoms with Gasteiger partial charge in [0.1, 0.15) is 11.3 Å². The second kappa shape index (κ2) is 11.4. The molecule has 14 heteroatoms. The molecule has 0 N–H and O–H groups in total. The molecule has 0 aliphatic heterocycles. The summed E-state index contributed by atoms with van der Waals surface area (Å²) in [6.07, 6.45) is -2.17. The highest BCUT2D eigenvalue weighted by Crippen LogP contribution is 2.30. The van der Waals surface area contributed by atoms with E-state index in [-0.39, 0.29) is 23.8 Å². The third kappa shape index (κ3) is 5.53. The number of methoxy groups -OCH3 is 1. The molecule has 46 heavy (non-hydrogen) atoms. The monoisotopic (exact) mass is 630 g/mol. The molecule has 6 rings (SSSR count). The summed E-state index contributed by atoms with van der Waals surface area (Å²) in [7, 11) is 2.90. The molecule has 2 aromatic carbocycles. The van der Waals surface area contributed by atoms with Crippen molar-refractivity contribution in [3.63, 3.8) is 0 Å². The van der Waals surface area contributed by atoms with Crippen molar-refractivity contribution in [3.8, 4) is 22.6 Å². The second-order valence-corrected chi connectivity index (χ2v) is 11.5. The topological polar surface area (TPSA) is 136 Å². The van der Waals surface area contributed by atoms with E-state index in [4.69, 9.17) is 13.9 Å². The molecular formula is C32H28F2N6O6. The Morgan fingerprint density at radius 3 is 2.26 bits per heavy atom. The van der Waals surface area contributed by atoms with Crippen molar-refractivity contribution >= 4 is 34.0 Å². The van der Waals surface area contributed by atoms with Gasteiger partial charge in [0.05, 0.1) is 41.5 Å². The molecule has 0 aliphatic rings. The second-order valence-electron chi connectivity index (χ2n) is 11.5.